The van der Waals surface area contributed by atoms with Gasteiger partial charge in [0, 0.05) is 0 Å². The van der Waals surface area contributed by atoms with Gasteiger partial charge in [0.15, 0.2) is 23.2 Å². The zero-order chi connectivity index (χ0) is 24.8. The van der Waals surface area contributed by atoms with E-state index in [0.717, 1.165) is 62.8 Å². The topological polar surface area (TPSA) is 9.23 Å². The third-order valence-corrected chi connectivity index (χ3v) is 8.15. The molecule has 0 aliphatic heterocycles. The van der Waals surface area contributed by atoms with E-state index in [-0.39, 0.29) is 23.4 Å². The van der Waals surface area contributed by atoms with Crippen LogP contribution in [0.3, 0.4) is 0 Å². The summed E-state index contributed by atoms with van der Waals surface area (Å²) in [6, 6.07) is 8.73. The molecule has 0 bridgehead atoms. The Labute approximate surface area is 208 Å². The predicted molar refractivity (Wildman–Crippen MR) is 137 cm³/mol. The fourth-order valence-electron chi connectivity index (χ4n) is 6.14. The first-order valence-electron chi connectivity index (χ1n) is 13.6. The van der Waals surface area contributed by atoms with Gasteiger partial charge in [-0.3, -0.25) is 0 Å². The summed E-state index contributed by atoms with van der Waals surface area (Å²) < 4.78 is 49.6. The van der Waals surface area contributed by atoms with Crippen molar-refractivity contribution in [1.29, 1.82) is 0 Å². The summed E-state index contributed by atoms with van der Waals surface area (Å²) in [5.41, 5.74) is 1.93. The molecule has 2 aliphatic rings. The zero-order valence-electron chi connectivity index (χ0n) is 21.2. The van der Waals surface area contributed by atoms with Crippen molar-refractivity contribution in [3.05, 3.63) is 70.5 Å². The van der Waals surface area contributed by atoms with Crippen molar-refractivity contribution in [2.75, 3.05) is 6.61 Å². The van der Waals surface area contributed by atoms with Crippen LogP contribution in [-0.4, -0.2) is 6.61 Å². The number of hydrogen-bond acceptors (Lipinski definition) is 1. The van der Waals surface area contributed by atoms with Crippen LogP contribution in [-0.2, 0) is 0 Å². The minimum Gasteiger partial charge on any atom is -0.491 e. The largest absolute Gasteiger partial charge is 0.491 e. The fourth-order valence-corrected chi connectivity index (χ4v) is 6.14. The van der Waals surface area contributed by atoms with Gasteiger partial charge >= 0.3 is 0 Å². The Hall–Kier alpha value is -2.23. The molecular formula is C31H39F3O. The number of ether oxygens (including phenoxy) is 1. The van der Waals surface area contributed by atoms with Crippen LogP contribution in [0.2, 0.25) is 0 Å². The van der Waals surface area contributed by atoms with Crippen LogP contribution in [0, 0.1) is 29.3 Å². The van der Waals surface area contributed by atoms with Gasteiger partial charge in [-0.2, -0.15) is 0 Å². The summed E-state index contributed by atoms with van der Waals surface area (Å²) in [5, 5.41) is 0. The van der Waals surface area contributed by atoms with Gasteiger partial charge in [0.2, 0.25) is 0 Å². The van der Waals surface area contributed by atoms with E-state index in [9.17, 15) is 4.39 Å². The second-order valence-electron chi connectivity index (χ2n) is 10.5. The van der Waals surface area contributed by atoms with E-state index < -0.39 is 11.6 Å². The molecule has 0 unspecified atom stereocenters. The maximum Gasteiger partial charge on any atom is 0.165 e. The van der Waals surface area contributed by atoms with Crippen molar-refractivity contribution in [2.45, 2.75) is 89.9 Å². The first kappa shape index (κ1) is 25.9. The molecule has 4 heteroatoms. The molecule has 0 radical (unpaired) electrons. The first-order valence-corrected chi connectivity index (χ1v) is 13.6. The Kier molecular flexibility index (Phi) is 8.97. The molecule has 0 N–H and O–H groups in total. The molecular weight excluding hydrogens is 445 g/mol. The second-order valence-corrected chi connectivity index (χ2v) is 10.5. The van der Waals surface area contributed by atoms with Crippen LogP contribution in [0.1, 0.15) is 107 Å². The molecule has 2 aromatic rings. The lowest BCUT2D eigenvalue weighted by atomic mass is 9.75. The maximum absolute atomic E-state index is 15.2. The highest BCUT2D eigenvalue weighted by Crippen LogP contribution is 2.42. The first-order chi connectivity index (χ1) is 17.0. The van der Waals surface area contributed by atoms with Gasteiger partial charge in [0.05, 0.1) is 6.61 Å². The van der Waals surface area contributed by atoms with Gasteiger partial charge in [0.25, 0.3) is 0 Å². The molecule has 0 heterocycles. The summed E-state index contributed by atoms with van der Waals surface area (Å²) in [4.78, 5) is 0. The van der Waals surface area contributed by atoms with Crippen LogP contribution < -0.4 is 4.74 Å². The summed E-state index contributed by atoms with van der Waals surface area (Å²) >= 11 is 0. The molecule has 2 saturated carbocycles. The molecule has 2 fully saturated rings. The van der Waals surface area contributed by atoms with Crippen LogP contribution in [0.4, 0.5) is 13.2 Å². The van der Waals surface area contributed by atoms with Gasteiger partial charge in [-0.1, -0.05) is 50.1 Å². The van der Waals surface area contributed by atoms with Gasteiger partial charge in [-0.25, -0.2) is 13.2 Å². The summed E-state index contributed by atoms with van der Waals surface area (Å²) in [7, 11) is 0. The molecule has 0 saturated heterocycles. The van der Waals surface area contributed by atoms with Gasteiger partial charge in [0.1, 0.15) is 0 Å². The molecule has 2 aromatic carbocycles. The molecule has 190 valence electrons. The van der Waals surface area contributed by atoms with E-state index in [1.54, 1.807) is 6.07 Å². The Morgan fingerprint density at radius 1 is 0.800 bits per heavy atom. The van der Waals surface area contributed by atoms with Gasteiger partial charge in [-0.15, -0.1) is 0 Å². The number of hydrogen-bond donors (Lipinski definition) is 0. The minimum atomic E-state index is -0.623. The van der Waals surface area contributed by atoms with Crippen molar-refractivity contribution >= 4 is 6.08 Å². The highest BCUT2D eigenvalue weighted by Gasteiger charge is 2.29. The van der Waals surface area contributed by atoms with E-state index in [1.165, 1.54) is 18.9 Å². The number of halogens is 3. The second kappa shape index (κ2) is 12.1. The molecule has 1 nitrogen and oxygen atoms in total. The van der Waals surface area contributed by atoms with E-state index in [0.29, 0.717) is 23.7 Å². The third-order valence-electron chi connectivity index (χ3n) is 8.15. The fraction of sp³-hybridized carbons (Fsp3) is 0.548. The SMILES string of the molecule is CCCC1CCC(c2ccc(C3CCC(C=Cc4ccc(OCC)c(F)c4)CC3)c(F)c2F)CC1. The number of benzene rings is 2. The quantitative estimate of drug-likeness (QED) is 0.362. The lowest BCUT2D eigenvalue weighted by Crippen LogP contribution is -2.17. The molecule has 35 heavy (non-hydrogen) atoms. The predicted octanol–water partition coefficient (Wildman–Crippen LogP) is 9.56. The molecule has 0 aromatic heterocycles. The van der Waals surface area contributed by atoms with Crippen LogP contribution >= 0.6 is 0 Å². The van der Waals surface area contributed by atoms with Crippen molar-refractivity contribution in [3.8, 4) is 5.75 Å². The van der Waals surface area contributed by atoms with Crippen LogP contribution in [0.15, 0.2) is 36.4 Å². The Balaban J connectivity index is 1.34. The molecule has 0 atom stereocenters. The van der Waals surface area contributed by atoms with Gasteiger partial charge in [-0.05, 0) is 111 Å². The van der Waals surface area contributed by atoms with Crippen molar-refractivity contribution in [2.24, 2.45) is 11.8 Å². The van der Waals surface area contributed by atoms with Crippen molar-refractivity contribution in [3.63, 3.8) is 0 Å². The standard InChI is InChI=1S/C31H39F3O/c1-3-5-21-8-13-24(14-9-21)26-17-18-27(31(34)30(26)33)25-15-10-22(11-16-25)6-7-23-12-19-29(35-4-2)28(32)20-23/h6-7,12,17-22,24-25H,3-5,8-11,13-16H2,1-2H3. The van der Waals surface area contributed by atoms with E-state index in [1.807, 2.05) is 31.2 Å². The summed E-state index contributed by atoms with van der Waals surface area (Å²) in [6.45, 7) is 4.48. The zero-order valence-corrected chi connectivity index (χ0v) is 21.2. The van der Waals surface area contributed by atoms with E-state index in [2.05, 4.69) is 13.0 Å². The van der Waals surface area contributed by atoms with Crippen molar-refractivity contribution in [1.82, 2.24) is 0 Å². The highest BCUT2D eigenvalue weighted by atomic mass is 19.2. The van der Waals surface area contributed by atoms with E-state index in [4.69, 9.17) is 4.74 Å². The van der Waals surface area contributed by atoms with Gasteiger partial charge < -0.3 is 4.74 Å². The number of rotatable bonds is 8. The van der Waals surface area contributed by atoms with Crippen LogP contribution in [0.25, 0.3) is 6.08 Å². The summed E-state index contributed by atoms with van der Waals surface area (Å²) in [5.74, 6) is 0.0177. The Bertz CT molecular complexity index is 999. The maximum atomic E-state index is 15.2. The Morgan fingerprint density at radius 2 is 1.40 bits per heavy atom. The van der Waals surface area contributed by atoms with E-state index >= 15 is 8.78 Å². The molecule has 0 amide bonds. The lowest BCUT2D eigenvalue weighted by molar-refractivity contribution is 0.302. The highest BCUT2D eigenvalue weighted by molar-refractivity contribution is 5.51. The summed E-state index contributed by atoms with van der Waals surface area (Å²) in [6.07, 6.45) is 14.2. The number of allylic oxidation sites excluding steroid dienone is 1. The Morgan fingerprint density at radius 3 is 1.94 bits per heavy atom. The molecule has 4 rings (SSSR count). The molecule has 0 spiro atoms. The molecule has 2 aliphatic carbocycles. The van der Waals surface area contributed by atoms with Crippen molar-refractivity contribution < 1.29 is 17.9 Å². The normalized spacial score (nSPS) is 25.2. The monoisotopic (exact) mass is 484 g/mol. The average molecular weight is 485 g/mol. The third kappa shape index (κ3) is 6.32. The minimum absolute atomic E-state index is 0.0615. The van der Waals surface area contributed by atoms with Crippen LogP contribution in [0.5, 0.6) is 5.75 Å². The average Bonchev–Trinajstić information content (AvgIpc) is 2.87. The smallest absolute Gasteiger partial charge is 0.165 e. The lowest BCUT2D eigenvalue weighted by Gasteiger charge is -2.30.